The van der Waals surface area contributed by atoms with E-state index >= 15 is 0 Å². The fourth-order valence-electron chi connectivity index (χ4n) is 3.18. The average molecular weight is 348 g/mol. The van der Waals surface area contributed by atoms with E-state index in [-0.39, 0.29) is 4.90 Å². The molecule has 0 aliphatic rings. The van der Waals surface area contributed by atoms with E-state index in [9.17, 15) is 8.42 Å². The van der Waals surface area contributed by atoms with Crippen LogP contribution in [-0.4, -0.2) is 13.4 Å². The number of aromatic nitrogens is 1. The largest absolute Gasteiger partial charge is 0.361 e. The number of rotatable bonds is 3. The third-order valence-corrected chi connectivity index (χ3v) is 5.23. The first kappa shape index (κ1) is 15.6. The van der Waals surface area contributed by atoms with Gasteiger partial charge in [0.15, 0.2) is 0 Å². The maximum absolute atomic E-state index is 12.2. The van der Waals surface area contributed by atoms with Crippen molar-refractivity contribution in [1.29, 1.82) is 0 Å². The highest BCUT2D eigenvalue weighted by molar-refractivity contribution is 7.89. The monoisotopic (exact) mass is 348 g/mol. The van der Waals surface area contributed by atoms with Gasteiger partial charge >= 0.3 is 0 Å². The van der Waals surface area contributed by atoms with Crippen LogP contribution in [0.3, 0.4) is 0 Å². The molecule has 0 aliphatic heterocycles. The summed E-state index contributed by atoms with van der Waals surface area (Å²) in [6.07, 6.45) is 1.83. The molecule has 0 fully saturated rings. The summed E-state index contributed by atoms with van der Waals surface area (Å²) in [6.45, 7) is 0. The van der Waals surface area contributed by atoms with Crippen molar-refractivity contribution in [2.75, 3.05) is 0 Å². The van der Waals surface area contributed by atoms with Crippen molar-refractivity contribution in [1.82, 2.24) is 4.98 Å². The van der Waals surface area contributed by atoms with Gasteiger partial charge in [-0.25, -0.2) is 13.6 Å². The zero-order chi connectivity index (χ0) is 17.4. The highest BCUT2D eigenvalue weighted by Gasteiger charge is 2.21. The number of sulfonamides is 1. The van der Waals surface area contributed by atoms with Crippen LogP contribution in [0, 0.1) is 0 Å². The minimum absolute atomic E-state index is 0.124. The standard InChI is InChI=1S/C20H16N2O2S/c21-25(23,24)19-12-6-10-15(14-7-2-1-3-8-14)20(19)17-13-22-18-11-5-4-9-16(17)18/h1-13,22H,(H2,21,23,24). The van der Waals surface area contributed by atoms with Crippen molar-refractivity contribution >= 4 is 20.9 Å². The lowest BCUT2D eigenvalue weighted by atomic mass is 9.94. The highest BCUT2D eigenvalue weighted by Crippen LogP contribution is 2.39. The lowest BCUT2D eigenvalue weighted by molar-refractivity contribution is 0.598. The van der Waals surface area contributed by atoms with Gasteiger partial charge in [0.1, 0.15) is 0 Å². The quantitative estimate of drug-likeness (QED) is 0.583. The molecule has 4 aromatic rings. The summed E-state index contributed by atoms with van der Waals surface area (Å²) >= 11 is 0. The lowest BCUT2D eigenvalue weighted by Crippen LogP contribution is -2.13. The number of nitrogens with two attached hydrogens (primary N) is 1. The zero-order valence-corrected chi connectivity index (χ0v) is 14.1. The molecule has 0 saturated carbocycles. The number of benzene rings is 3. The van der Waals surface area contributed by atoms with E-state index in [1.807, 2.05) is 66.9 Å². The molecule has 0 bridgehead atoms. The van der Waals surface area contributed by atoms with E-state index in [2.05, 4.69) is 4.98 Å². The van der Waals surface area contributed by atoms with E-state index in [0.717, 1.165) is 27.6 Å². The number of hydrogen-bond donors (Lipinski definition) is 2. The molecule has 4 rings (SSSR count). The van der Waals surface area contributed by atoms with Crippen LogP contribution < -0.4 is 5.14 Å². The lowest BCUT2D eigenvalue weighted by Gasteiger charge is -2.14. The van der Waals surface area contributed by atoms with Gasteiger partial charge in [-0.15, -0.1) is 0 Å². The summed E-state index contributed by atoms with van der Waals surface area (Å²) in [5.41, 5.74) is 4.15. The van der Waals surface area contributed by atoms with Crippen molar-refractivity contribution in [2.45, 2.75) is 4.90 Å². The Morgan fingerprint density at radius 3 is 2.24 bits per heavy atom. The van der Waals surface area contributed by atoms with Gasteiger partial charge in [0.2, 0.25) is 10.0 Å². The van der Waals surface area contributed by atoms with Crippen molar-refractivity contribution in [3.8, 4) is 22.3 Å². The number of fused-ring (bicyclic) bond motifs is 1. The normalized spacial score (nSPS) is 11.7. The van der Waals surface area contributed by atoms with Crippen LogP contribution in [0.15, 0.2) is 83.9 Å². The van der Waals surface area contributed by atoms with Crippen LogP contribution in [0.25, 0.3) is 33.2 Å². The highest BCUT2D eigenvalue weighted by atomic mass is 32.2. The maximum atomic E-state index is 12.2. The molecule has 124 valence electrons. The average Bonchev–Trinajstić information content (AvgIpc) is 3.05. The number of nitrogens with one attached hydrogen (secondary N) is 1. The van der Waals surface area contributed by atoms with Gasteiger partial charge in [0.25, 0.3) is 0 Å². The minimum Gasteiger partial charge on any atom is -0.361 e. The predicted molar refractivity (Wildman–Crippen MR) is 101 cm³/mol. The van der Waals surface area contributed by atoms with Crippen molar-refractivity contribution in [3.63, 3.8) is 0 Å². The third kappa shape index (κ3) is 2.73. The SMILES string of the molecule is NS(=O)(=O)c1cccc(-c2ccccc2)c1-c1c[nH]c2ccccc12. The Hall–Kier alpha value is -2.89. The molecule has 25 heavy (non-hydrogen) atoms. The van der Waals surface area contributed by atoms with Gasteiger partial charge in [0, 0.05) is 28.2 Å². The summed E-state index contributed by atoms with van der Waals surface area (Å²) in [6, 6.07) is 22.7. The molecular formula is C20H16N2O2S. The summed E-state index contributed by atoms with van der Waals surface area (Å²) in [5, 5.41) is 6.47. The predicted octanol–water partition coefficient (Wildman–Crippen LogP) is 4.15. The second-order valence-electron chi connectivity index (χ2n) is 5.84. The molecule has 1 heterocycles. The molecule has 0 aliphatic carbocycles. The van der Waals surface area contributed by atoms with Gasteiger partial charge in [-0.2, -0.15) is 0 Å². The summed E-state index contributed by atoms with van der Waals surface area (Å²) < 4.78 is 24.5. The van der Waals surface area contributed by atoms with E-state index < -0.39 is 10.0 Å². The Morgan fingerprint density at radius 2 is 1.48 bits per heavy atom. The molecule has 4 nitrogen and oxygen atoms in total. The molecule has 5 heteroatoms. The molecular weight excluding hydrogens is 332 g/mol. The first-order chi connectivity index (χ1) is 12.1. The fraction of sp³-hybridized carbons (Fsp3) is 0. The molecule has 0 spiro atoms. The number of H-pyrrole nitrogens is 1. The Kier molecular flexibility index (Phi) is 3.67. The molecule has 0 unspecified atom stereocenters. The number of primary sulfonamides is 1. The Morgan fingerprint density at radius 1 is 0.760 bits per heavy atom. The van der Waals surface area contributed by atoms with Gasteiger partial charge in [0.05, 0.1) is 4.90 Å². The van der Waals surface area contributed by atoms with Crippen LogP contribution in [0.5, 0.6) is 0 Å². The van der Waals surface area contributed by atoms with E-state index in [0.29, 0.717) is 5.56 Å². The minimum atomic E-state index is -3.87. The van der Waals surface area contributed by atoms with Crippen LogP contribution in [0.1, 0.15) is 0 Å². The van der Waals surface area contributed by atoms with E-state index in [1.165, 1.54) is 0 Å². The van der Waals surface area contributed by atoms with Crippen LogP contribution in [0.2, 0.25) is 0 Å². The van der Waals surface area contributed by atoms with E-state index in [1.54, 1.807) is 12.1 Å². The molecule has 3 aromatic carbocycles. The smallest absolute Gasteiger partial charge is 0.238 e. The topological polar surface area (TPSA) is 76.0 Å². The zero-order valence-electron chi connectivity index (χ0n) is 13.3. The molecule has 0 atom stereocenters. The first-order valence-electron chi connectivity index (χ1n) is 7.83. The van der Waals surface area contributed by atoms with Gasteiger partial charge in [-0.05, 0) is 23.3 Å². The Balaban J connectivity index is 2.12. The van der Waals surface area contributed by atoms with Gasteiger partial charge in [-0.3, -0.25) is 0 Å². The molecule has 1 aromatic heterocycles. The Labute approximate surface area is 146 Å². The second-order valence-corrected chi connectivity index (χ2v) is 7.37. The second kappa shape index (κ2) is 5.88. The maximum Gasteiger partial charge on any atom is 0.238 e. The van der Waals surface area contributed by atoms with Crippen LogP contribution in [-0.2, 0) is 10.0 Å². The third-order valence-electron chi connectivity index (χ3n) is 4.28. The molecule has 0 saturated heterocycles. The van der Waals surface area contributed by atoms with Crippen molar-refractivity contribution < 1.29 is 8.42 Å². The summed E-state index contributed by atoms with van der Waals surface area (Å²) in [7, 11) is -3.87. The van der Waals surface area contributed by atoms with Gasteiger partial charge in [-0.1, -0.05) is 60.7 Å². The fourth-order valence-corrected chi connectivity index (χ4v) is 3.96. The van der Waals surface area contributed by atoms with E-state index in [4.69, 9.17) is 5.14 Å². The van der Waals surface area contributed by atoms with Crippen molar-refractivity contribution in [2.24, 2.45) is 5.14 Å². The van der Waals surface area contributed by atoms with Gasteiger partial charge < -0.3 is 4.98 Å². The van der Waals surface area contributed by atoms with Crippen LogP contribution >= 0.6 is 0 Å². The molecule has 0 amide bonds. The summed E-state index contributed by atoms with van der Waals surface area (Å²) in [5.74, 6) is 0. The molecule has 0 radical (unpaired) electrons. The molecule has 3 N–H and O–H groups in total. The number of hydrogen-bond acceptors (Lipinski definition) is 2. The van der Waals surface area contributed by atoms with Crippen molar-refractivity contribution in [3.05, 3.63) is 79.0 Å². The number of aromatic amines is 1. The number of para-hydroxylation sites is 1. The Bertz CT molecular complexity index is 1160. The van der Waals surface area contributed by atoms with Crippen LogP contribution in [0.4, 0.5) is 0 Å². The first-order valence-corrected chi connectivity index (χ1v) is 9.38. The summed E-state index contributed by atoms with van der Waals surface area (Å²) in [4.78, 5) is 3.33.